The summed E-state index contributed by atoms with van der Waals surface area (Å²) in [5.74, 6) is -0.136. The van der Waals surface area contributed by atoms with Crippen LogP contribution in [0.3, 0.4) is 0 Å². The number of hydrogen-bond donors (Lipinski definition) is 2. The van der Waals surface area contributed by atoms with Crippen molar-refractivity contribution >= 4 is 34.8 Å². The molecule has 1 fully saturated rings. The zero-order valence-electron chi connectivity index (χ0n) is 15.9. The van der Waals surface area contributed by atoms with Gasteiger partial charge in [0.1, 0.15) is 0 Å². The Hall–Kier alpha value is -2.53. The van der Waals surface area contributed by atoms with E-state index in [0.29, 0.717) is 30.2 Å². The molecule has 0 aliphatic carbocycles. The molecule has 0 aromatic heterocycles. The average Bonchev–Trinajstić information content (AvgIpc) is 2.68. The number of carbonyl (C=O) groups excluding carboxylic acids is 2. The molecule has 1 aliphatic heterocycles. The SMILES string of the molecule is O=C(CN1CCCCCCC1=O)Nc1ccc(NCc2ccccc2)c(Cl)c1. The first-order valence-electron chi connectivity index (χ1n) is 9.77. The van der Waals surface area contributed by atoms with Crippen LogP contribution in [-0.4, -0.2) is 29.8 Å². The highest BCUT2D eigenvalue weighted by atomic mass is 35.5. The minimum absolute atomic E-state index is 0.0633. The van der Waals surface area contributed by atoms with E-state index in [-0.39, 0.29) is 18.4 Å². The van der Waals surface area contributed by atoms with Crippen LogP contribution in [0, 0.1) is 0 Å². The fraction of sp³-hybridized carbons (Fsp3) is 0.364. The van der Waals surface area contributed by atoms with Gasteiger partial charge in [-0.05, 0) is 36.6 Å². The van der Waals surface area contributed by atoms with Crippen LogP contribution in [0.15, 0.2) is 48.5 Å². The molecule has 28 heavy (non-hydrogen) atoms. The molecule has 0 saturated carbocycles. The largest absolute Gasteiger partial charge is 0.380 e. The minimum Gasteiger partial charge on any atom is -0.380 e. The Morgan fingerprint density at radius 2 is 1.82 bits per heavy atom. The quantitative estimate of drug-likeness (QED) is 0.741. The molecule has 148 valence electrons. The third-order valence-corrected chi connectivity index (χ3v) is 5.15. The maximum Gasteiger partial charge on any atom is 0.243 e. The first kappa shape index (κ1) is 20.2. The van der Waals surface area contributed by atoms with Crippen molar-refractivity contribution in [2.45, 2.75) is 38.6 Å². The summed E-state index contributed by atoms with van der Waals surface area (Å²) < 4.78 is 0. The Morgan fingerprint density at radius 3 is 2.61 bits per heavy atom. The van der Waals surface area contributed by atoms with Gasteiger partial charge in [-0.25, -0.2) is 0 Å². The Kier molecular flexibility index (Phi) is 7.31. The summed E-state index contributed by atoms with van der Waals surface area (Å²) in [5.41, 5.74) is 2.59. The Labute approximate surface area is 171 Å². The molecule has 2 aromatic carbocycles. The number of nitrogens with zero attached hydrogens (tertiary/aromatic N) is 1. The van der Waals surface area contributed by atoms with E-state index in [9.17, 15) is 9.59 Å². The lowest BCUT2D eigenvalue weighted by atomic mass is 10.1. The zero-order valence-corrected chi connectivity index (χ0v) is 16.7. The normalized spacial score (nSPS) is 14.9. The second-order valence-corrected chi connectivity index (χ2v) is 7.47. The van der Waals surface area contributed by atoms with Crippen molar-refractivity contribution < 1.29 is 9.59 Å². The summed E-state index contributed by atoms with van der Waals surface area (Å²) >= 11 is 6.36. The van der Waals surface area contributed by atoms with Crippen molar-refractivity contribution in [1.29, 1.82) is 0 Å². The van der Waals surface area contributed by atoms with Gasteiger partial charge >= 0.3 is 0 Å². The number of likely N-dealkylation sites (tertiary alicyclic amines) is 1. The van der Waals surface area contributed by atoms with Gasteiger partial charge in [0.25, 0.3) is 0 Å². The standard InChI is InChI=1S/C22H26ClN3O2/c23-19-14-18(11-12-20(19)24-15-17-8-4-3-5-9-17)25-21(27)16-26-13-7-2-1-6-10-22(26)28/h3-5,8-9,11-12,14,24H,1-2,6-7,10,13,15-16H2,(H,25,27). The molecule has 0 radical (unpaired) electrons. The second-order valence-electron chi connectivity index (χ2n) is 7.06. The van der Waals surface area contributed by atoms with Crippen LogP contribution >= 0.6 is 11.6 Å². The van der Waals surface area contributed by atoms with Gasteiger partial charge < -0.3 is 15.5 Å². The lowest BCUT2D eigenvalue weighted by molar-refractivity contribution is -0.135. The van der Waals surface area contributed by atoms with Crippen LogP contribution in [0.2, 0.25) is 5.02 Å². The average molecular weight is 400 g/mol. The van der Waals surface area contributed by atoms with Gasteiger partial charge in [-0.15, -0.1) is 0 Å². The Bertz CT molecular complexity index is 811. The van der Waals surface area contributed by atoms with Crippen LogP contribution in [0.5, 0.6) is 0 Å². The molecule has 3 rings (SSSR count). The fourth-order valence-electron chi connectivity index (χ4n) is 3.29. The van der Waals surface area contributed by atoms with Gasteiger partial charge in [-0.1, -0.05) is 54.8 Å². The molecule has 2 amide bonds. The second kappa shape index (κ2) is 10.1. The van der Waals surface area contributed by atoms with Crippen LogP contribution in [0.4, 0.5) is 11.4 Å². The van der Waals surface area contributed by atoms with Crippen molar-refractivity contribution in [2.24, 2.45) is 0 Å². The molecule has 1 saturated heterocycles. The maximum absolute atomic E-state index is 12.4. The molecule has 0 unspecified atom stereocenters. The van der Waals surface area contributed by atoms with Crippen molar-refractivity contribution in [3.63, 3.8) is 0 Å². The van der Waals surface area contributed by atoms with E-state index in [1.54, 1.807) is 11.0 Å². The van der Waals surface area contributed by atoms with Gasteiger partial charge in [-0.3, -0.25) is 9.59 Å². The molecular formula is C22H26ClN3O2. The minimum atomic E-state index is -0.199. The van der Waals surface area contributed by atoms with Gasteiger partial charge in [-0.2, -0.15) is 0 Å². The zero-order chi connectivity index (χ0) is 19.8. The van der Waals surface area contributed by atoms with Crippen molar-refractivity contribution in [1.82, 2.24) is 4.90 Å². The highest BCUT2D eigenvalue weighted by Gasteiger charge is 2.18. The van der Waals surface area contributed by atoms with Crippen molar-refractivity contribution in [2.75, 3.05) is 23.7 Å². The predicted molar refractivity (Wildman–Crippen MR) is 114 cm³/mol. The first-order valence-corrected chi connectivity index (χ1v) is 10.1. The third kappa shape index (κ3) is 5.99. The van der Waals surface area contributed by atoms with Crippen molar-refractivity contribution in [3.8, 4) is 0 Å². The molecule has 5 nitrogen and oxygen atoms in total. The van der Waals surface area contributed by atoms with E-state index in [4.69, 9.17) is 11.6 Å². The molecule has 1 heterocycles. The summed E-state index contributed by atoms with van der Waals surface area (Å²) in [4.78, 5) is 26.2. The number of amides is 2. The maximum atomic E-state index is 12.4. The molecule has 0 atom stereocenters. The van der Waals surface area contributed by atoms with Gasteiger partial charge in [0, 0.05) is 25.2 Å². The van der Waals surface area contributed by atoms with Gasteiger partial charge in [0.05, 0.1) is 17.3 Å². The smallest absolute Gasteiger partial charge is 0.243 e. The van der Waals surface area contributed by atoms with Crippen LogP contribution < -0.4 is 10.6 Å². The van der Waals surface area contributed by atoms with E-state index < -0.39 is 0 Å². The monoisotopic (exact) mass is 399 g/mol. The summed E-state index contributed by atoms with van der Waals surface area (Å²) in [7, 11) is 0. The summed E-state index contributed by atoms with van der Waals surface area (Å²) in [6, 6.07) is 15.4. The van der Waals surface area contributed by atoms with Crippen LogP contribution in [0.1, 0.15) is 37.7 Å². The lowest BCUT2D eigenvalue weighted by Gasteiger charge is -2.24. The molecule has 2 N–H and O–H groups in total. The number of carbonyl (C=O) groups is 2. The third-order valence-electron chi connectivity index (χ3n) is 4.83. The van der Waals surface area contributed by atoms with Crippen LogP contribution in [-0.2, 0) is 16.1 Å². The van der Waals surface area contributed by atoms with Crippen molar-refractivity contribution in [3.05, 3.63) is 59.1 Å². The number of anilines is 2. The molecule has 0 spiro atoms. The van der Waals surface area contributed by atoms with E-state index in [2.05, 4.69) is 10.6 Å². The number of rotatable bonds is 6. The fourth-order valence-corrected chi connectivity index (χ4v) is 3.53. The molecular weight excluding hydrogens is 374 g/mol. The van der Waals surface area contributed by atoms with Gasteiger partial charge in [0.2, 0.25) is 11.8 Å². The lowest BCUT2D eigenvalue weighted by Crippen LogP contribution is -2.39. The van der Waals surface area contributed by atoms with Crippen LogP contribution in [0.25, 0.3) is 0 Å². The Balaban J connectivity index is 1.54. The highest BCUT2D eigenvalue weighted by molar-refractivity contribution is 6.33. The highest BCUT2D eigenvalue weighted by Crippen LogP contribution is 2.26. The topological polar surface area (TPSA) is 61.4 Å². The summed E-state index contributed by atoms with van der Waals surface area (Å²) in [6.45, 7) is 1.41. The van der Waals surface area contributed by atoms with E-state index >= 15 is 0 Å². The number of benzene rings is 2. The van der Waals surface area contributed by atoms with E-state index in [0.717, 1.165) is 36.9 Å². The number of nitrogens with one attached hydrogen (secondary N) is 2. The molecule has 2 aromatic rings. The molecule has 0 bridgehead atoms. The summed E-state index contributed by atoms with van der Waals surface area (Å²) in [6.07, 6.45) is 4.59. The summed E-state index contributed by atoms with van der Waals surface area (Å²) in [5, 5.41) is 6.68. The number of hydrogen-bond acceptors (Lipinski definition) is 3. The van der Waals surface area contributed by atoms with E-state index in [1.165, 1.54) is 0 Å². The predicted octanol–water partition coefficient (Wildman–Crippen LogP) is 4.68. The number of halogens is 1. The first-order chi connectivity index (χ1) is 13.6. The Morgan fingerprint density at radius 1 is 1.04 bits per heavy atom. The molecule has 6 heteroatoms. The van der Waals surface area contributed by atoms with E-state index in [1.807, 2.05) is 42.5 Å². The van der Waals surface area contributed by atoms with Gasteiger partial charge in [0.15, 0.2) is 0 Å². The molecule has 1 aliphatic rings.